The van der Waals surface area contributed by atoms with Gasteiger partial charge in [-0.3, -0.25) is 0 Å². The molecule has 0 aromatic carbocycles. The molecule has 0 aliphatic rings. The van der Waals surface area contributed by atoms with Crippen molar-refractivity contribution < 1.29 is 25.9 Å². The van der Waals surface area contributed by atoms with Crippen molar-refractivity contribution in [1.82, 2.24) is 0 Å². The van der Waals surface area contributed by atoms with E-state index < -0.39 is 20.2 Å². The molecule has 0 aliphatic heterocycles. The van der Waals surface area contributed by atoms with E-state index in [0.717, 1.165) is 25.7 Å². The fraction of sp³-hybridized carbons (Fsp3) is 1.00. The van der Waals surface area contributed by atoms with Gasteiger partial charge in [-0.15, -0.1) is 0 Å². The van der Waals surface area contributed by atoms with E-state index in [2.05, 4.69) is 0 Å². The van der Waals surface area contributed by atoms with Crippen LogP contribution >= 0.6 is 0 Å². The molecule has 0 bridgehead atoms. The maximum Gasteiger partial charge on any atom is 2.00 e. The van der Waals surface area contributed by atoms with Gasteiger partial charge in [0.25, 0.3) is 0 Å². The van der Waals surface area contributed by atoms with Crippen LogP contribution in [-0.2, 0) is 20.2 Å². The van der Waals surface area contributed by atoms with Gasteiger partial charge < -0.3 is 9.11 Å². The van der Waals surface area contributed by atoms with Crippen LogP contribution in [0.4, 0.5) is 0 Å². The van der Waals surface area contributed by atoms with E-state index in [9.17, 15) is 25.9 Å². The van der Waals surface area contributed by atoms with Gasteiger partial charge in [0.15, 0.2) is 0 Å². The Morgan fingerprint density at radius 3 is 1.11 bits per heavy atom. The predicted octanol–water partition coefficient (Wildman–Crippen LogP) is 1.06. The van der Waals surface area contributed by atoms with E-state index in [0.29, 0.717) is 12.8 Å². The second-order valence-electron chi connectivity index (χ2n) is 3.94. The summed E-state index contributed by atoms with van der Waals surface area (Å²) >= 11 is 0. The minimum atomic E-state index is -3.95. The first-order valence-corrected chi connectivity index (χ1v) is 9.15. The molecule has 0 heterocycles. The van der Waals surface area contributed by atoms with Crippen molar-refractivity contribution >= 4 is 69.1 Å². The monoisotopic (exact) mass is 440 g/mol. The van der Waals surface area contributed by atoms with Gasteiger partial charge in [-0.05, 0) is 12.8 Å². The first kappa shape index (κ1) is 25.4. The Bertz CT molecular complexity index is 339. The number of rotatable bonds is 8. The van der Waals surface area contributed by atoms with Crippen LogP contribution < -0.4 is 0 Å². The summed E-state index contributed by atoms with van der Waals surface area (Å²) in [4.78, 5) is 0. The van der Waals surface area contributed by atoms with Crippen LogP contribution in [0.25, 0.3) is 0 Å². The zero-order valence-electron chi connectivity index (χ0n) is 11.6. The van der Waals surface area contributed by atoms with Crippen molar-refractivity contribution in [3.05, 3.63) is 0 Å². The molecule has 0 saturated heterocycles. The maximum atomic E-state index is 9.95. The van der Waals surface area contributed by atoms with Crippen molar-refractivity contribution in [2.75, 3.05) is 11.5 Å². The molecule has 0 amide bonds. The molecule has 0 rings (SSSR count). The van der Waals surface area contributed by atoms with Crippen molar-refractivity contribution in [2.45, 2.75) is 52.4 Å². The molecule has 9 heteroatoms. The molecule has 0 aromatic rings. The van der Waals surface area contributed by atoms with Crippen LogP contribution in [0.5, 0.6) is 0 Å². The fourth-order valence-electron chi connectivity index (χ4n) is 1.06. The Balaban J connectivity index is -0.000000256. The fourth-order valence-corrected chi connectivity index (χ4v) is 2.17. The van der Waals surface area contributed by atoms with E-state index in [-0.39, 0.29) is 60.4 Å². The zero-order valence-corrected chi connectivity index (χ0v) is 17.7. The Morgan fingerprint density at radius 1 is 0.684 bits per heavy atom. The summed E-state index contributed by atoms with van der Waals surface area (Å²) in [7, 11) is -7.89. The average molecular weight is 440 g/mol. The van der Waals surface area contributed by atoms with Gasteiger partial charge in [-0.25, -0.2) is 16.8 Å². The third kappa shape index (κ3) is 32.7. The Hall–Kier alpha value is 1.39. The summed E-state index contributed by atoms with van der Waals surface area (Å²) in [5, 5.41) is 0. The molecule has 0 radical (unpaired) electrons. The van der Waals surface area contributed by atoms with Crippen LogP contribution in [0.1, 0.15) is 52.4 Å². The van der Waals surface area contributed by atoms with E-state index in [4.69, 9.17) is 0 Å². The van der Waals surface area contributed by atoms with Crippen molar-refractivity contribution in [3.8, 4) is 0 Å². The van der Waals surface area contributed by atoms with Gasteiger partial charge in [-0.1, -0.05) is 39.5 Å². The molecule has 112 valence electrons. The van der Waals surface area contributed by atoms with Crippen LogP contribution in [0.2, 0.25) is 0 Å². The van der Waals surface area contributed by atoms with Gasteiger partial charge in [0.1, 0.15) is 0 Å². The standard InChI is InChI=1S/2C5H12O3S.Ba/c2*1-2-3-4-5-9(6,7)8;/h2*2-5H2,1H3,(H,6,7,8);/q;;+2/p-2. The predicted molar refractivity (Wildman–Crippen MR) is 73.9 cm³/mol. The number of hydrogen-bond acceptors (Lipinski definition) is 6. The van der Waals surface area contributed by atoms with E-state index in [1.165, 1.54) is 0 Å². The quantitative estimate of drug-likeness (QED) is 0.317. The number of hydrogen-bond donors (Lipinski definition) is 0. The molecule has 6 nitrogen and oxygen atoms in total. The summed E-state index contributed by atoms with van der Waals surface area (Å²) in [6.07, 6.45) is 4.53. The average Bonchev–Trinajstić information content (AvgIpc) is 2.16. The summed E-state index contributed by atoms with van der Waals surface area (Å²) in [6, 6.07) is 0. The molecule has 0 atom stereocenters. The first-order valence-electron chi connectivity index (χ1n) is 5.99. The molecule has 19 heavy (non-hydrogen) atoms. The van der Waals surface area contributed by atoms with E-state index in [1.807, 2.05) is 13.8 Å². The van der Waals surface area contributed by atoms with Crippen LogP contribution in [0, 0.1) is 0 Å². The van der Waals surface area contributed by atoms with Gasteiger partial charge in [0, 0.05) is 11.5 Å². The summed E-state index contributed by atoms with van der Waals surface area (Å²) < 4.78 is 59.7. The minimum Gasteiger partial charge on any atom is -0.748 e. The molecule has 0 aromatic heterocycles. The second kappa shape index (κ2) is 14.3. The number of unbranched alkanes of at least 4 members (excludes halogenated alkanes) is 4. The summed E-state index contributed by atoms with van der Waals surface area (Å²) in [5.74, 6) is -0.415. The maximum absolute atomic E-state index is 9.95. The van der Waals surface area contributed by atoms with Crippen LogP contribution in [-0.4, -0.2) is 86.3 Å². The molecule has 0 saturated carbocycles. The summed E-state index contributed by atoms with van der Waals surface area (Å²) in [5.41, 5.74) is 0. The molecular formula is C10H22BaO6S2. The molecular weight excluding hydrogens is 418 g/mol. The normalized spacial score (nSPS) is 11.2. The van der Waals surface area contributed by atoms with Gasteiger partial charge >= 0.3 is 48.9 Å². The van der Waals surface area contributed by atoms with E-state index >= 15 is 0 Å². The third-order valence-corrected chi connectivity index (χ3v) is 3.57. The molecule has 0 aliphatic carbocycles. The second-order valence-corrected chi connectivity index (χ2v) is 6.99. The third-order valence-electron chi connectivity index (χ3n) is 2.00. The molecule has 0 spiro atoms. The largest absolute Gasteiger partial charge is 2.00 e. The Morgan fingerprint density at radius 2 is 0.947 bits per heavy atom. The van der Waals surface area contributed by atoms with Gasteiger partial charge in [-0.2, -0.15) is 0 Å². The Labute approximate surface area is 157 Å². The first-order chi connectivity index (χ1) is 8.12. The summed E-state index contributed by atoms with van der Waals surface area (Å²) in [6.45, 7) is 3.91. The Kier molecular flexibility index (Phi) is 19.1. The molecule has 0 fully saturated rings. The zero-order chi connectivity index (χ0) is 14.7. The van der Waals surface area contributed by atoms with Gasteiger partial charge in [0.05, 0.1) is 20.2 Å². The topological polar surface area (TPSA) is 114 Å². The SMILES string of the molecule is CCCCCS(=O)(=O)[O-].CCCCCS(=O)(=O)[O-].[Ba+2]. The smallest absolute Gasteiger partial charge is 0.748 e. The van der Waals surface area contributed by atoms with Crippen molar-refractivity contribution in [3.63, 3.8) is 0 Å². The van der Waals surface area contributed by atoms with Crippen LogP contribution in [0.3, 0.4) is 0 Å². The van der Waals surface area contributed by atoms with Crippen molar-refractivity contribution in [2.24, 2.45) is 0 Å². The van der Waals surface area contributed by atoms with Crippen molar-refractivity contribution in [1.29, 1.82) is 0 Å². The van der Waals surface area contributed by atoms with Gasteiger partial charge in [0.2, 0.25) is 0 Å². The minimum absolute atomic E-state index is 0. The van der Waals surface area contributed by atoms with E-state index in [1.54, 1.807) is 0 Å². The van der Waals surface area contributed by atoms with Crippen LogP contribution in [0.15, 0.2) is 0 Å². The molecule has 0 N–H and O–H groups in total. The molecule has 0 unspecified atom stereocenters.